The van der Waals surface area contributed by atoms with Crippen molar-refractivity contribution in [2.45, 2.75) is 51.6 Å². The number of amides is 2. The zero-order valence-corrected chi connectivity index (χ0v) is 12.9. The Morgan fingerprint density at radius 3 is 2.90 bits per heavy atom. The van der Waals surface area contributed by atoms with Crippen LogP contribution in [0.1, 0.15) is 45.4 Å². The molecule has 1 saturated carbocycles. The van der Waals surface area contributed by atoms with Crippen molar-refractivity contribution in [1.29, 1.82) is 0 Å². The number of piperidine rings is 2. The van der Waals surface area contributed by atoms with Gasteiger partial charge in [0, 0.05) is 32.7 Å². The Kier molecular flexibility index (Phi) is 4.20. The molecule has 1 aliphatic carbocycles. The molecule has 0 unspecified atom stereocenters. The molecule has 21 heavy (non-hydrogen) atoms. The maximum atomic E-state index is 12.8. The van der Waals surface area contributed by atoms with Crippen molar-refractivity contribution in [1.82, 2.24) is 10.2 Å². The Morgan fingerprint density at radius 1 is 1.43 bits per heavy atom. The van der Waals surface area contributed by atoms with Crippen LogP contribution < -0.4 is 5.32 Å². The van der Waals surface area contributed by atoms with Gasteiger partial charge in [-0.05, 0) is 44.9 Å². The average Bonchev–Trinajstić information content (AvgIpc) is 3.32. The molecule has 0 aromatic heterocycles. The molecule has 3 rings (SSSR count). The van der Waals surface area contributed by atoms with Crippen molar-refractivity contribution in [3.05, 3.63) is 0 Å². The van der Waals surface area contributed by atoms with Crippen LogP contribution in [-0.2, 0) is 14.3 Å². The average molecular weight is 294 g/mol. The Hall–Kier alpha value is -1.10. The lowest BCUT2D eigenvalue weighted by Gasteiger charge is -2.40. The molecular formula is C16H26N2O3. The summed E-state index contributed by atoms with van der Waals surface area (Å²) in [5.74, 6) is 1.01. The molecule has 0 aromatic rings. The minimum Gasteiger partial charge on any atom is -0.376 e. The highest BCUT2D eigenvalue weighted by Gasteiger charge is 2.41. The zero-order chi connectivity index (χ0) is 14.9. The lowest BCUT2D eigenvalue weighted by molar-refractivity contribution is -0.148. The molecule has 2 aliphatic heterocycles. The minimum absolute atomic E-state index is 0.0598. The zero-order valence-electron chi connectivity index (χ0n) is 12.9. The van der Waals surface area contributed by atoms with Crippen molar-refractivity contribution in [3.8, 4) is 0 Å². The van der Waals surface area contributed by atoms with Crippen LogP contribution in [0, 0.1) is 11.3 Å². The van der Waals surface area contributed by atoms with E-state index in [0.29, 0.717) is 19.4 Å². The minimum atomic E-state index is -0.438. The summed E-state index contributed by atoms with van der Waals surface area (Å²) >= 11 is 0. The predicted octanol–water partition coefficient (Wildman–Crippen LogP) is 1.32. The first-order valence-corrected chi connectivity index (χ1v) is 8.24. The molecule has 2 heterocycles. The quantitative estimate of drug-likeness (QED) is 0.851. The van der Waals surface area contributed by atoms with Gasteiger partial charge in [0.25, 0.3) is 0 Å². The van der Waals surface area contributed by atoms with E-state index in [-0.39, 0.29) is 17.9 Å². The van der Waals surface area contributed by atoms with Gasteiger partial charge in [-0.25, -0.2) is 0 Å². The second-order valence-corrected chi connectivity index (χ2v) is 7.13. The third kappa shape index (κ3) is 3.57. The number of carbonyl (C=O) groups is 2. The molecule has 5 heteroatoms. The maximum Gasteiger partial charge on any atom is 0.230 e. The number of hydrogen-bond donors (Lipinski definition) is 1. The molecule has 5 nitrogen and oxygen atoms in total. The molecule has 3 fully saturated rings. The highest BCUT2D eigenvalue weighted by molar-refractivity contribution is 5.86. The monoisotopic (exact) mass is 294 g/mol. The molecule has 0 aromatic carbocycles. The van der Waals surface area contributed by atoms with Crippen molar-refractivity contribution in [2.24, 2.45) is 11.3 Å². The Bertz CT molecular complexity index is 410. The molecule has 2 saturated heterocycles. The van der Waals surface area contributed by atoms with Crippen LogP contribution in [-0.4, -0.2) is 49.1 Å². The van der Waals surface area contributed by atoms with Gasteiger partial charge in [-0.1, -0.05) is 0 Å². The number of carbonyl (C=O) groups excluding carboxylic acids is 2. The van der Waals surface area contributed by atoms with Gasteiger partial charge < -0.3 is 15.0 Å². The third-order valence-electron chi connectivity index (χ3n) is 5.03. The molecule has 2 amide bonds. The smallest absolute Gasteiger partial charge is 0.230 e. The van der Waals surface area contributed by atoms with Gasteiger partial charge in [-0.15, -0.1) is 0 Å². The summed E-state index contributed by atoms with van der Waals surface area (Å²) in [5.41, 5.74) is -0.438. The number of rotatable bonds is 4. The van der Waals surface area contributed by atoms with E-state index >= 15 is 0 Å². The summed E-state index contributed by atoms with van der Waals surface area (Å²) in [4.78, 5) is 26.1. The van der Waals surface area contributed by atoms with Crippen LogP contribution in [0.2, 0.25) is 0 Å². The van der Waals surface area contributed by atoms with E-state index in [0.717, 1.165) is 38.5 Å². The highest BCUT2D eigenvalue weighted by Crippen LogP contribution is 2.32. The van der Waals surface area contributed by atoms with Gasteiger partial charge in [-0.3, -0.25) is 9.59 Å². The summed E-state index contributed by atoms with van der Waals surface area (Å²) in [6.07, 6.45) is 5.98. The van der Waals surface area contributed by atoms with Gasteiger partial charge in [0.2, 0.25) is 11.8 Å². The highest BCUT2D eigenvalue weighted by atomic mass is 16.5. The second-order valence-electron chi connectivity index (χ2n) is 7.13. The molecular weight excluding hydrogens is 268 g/mol. The van der Waals surface area contributed by atoms with Gasteiger partial charge in [-0.2, -0.15) is 0 Å². The Balaban J connectivity index is 1.54. The summed E-state index contributed by atoms with van der Waals surface area (Å²) < 4.78 is 5.96. The van der Waals surface area contributed by atoms with Crippen LogP contribution in [0.15, 0.2) is 0 Å². The topological polar surface area (TPSA) is 58.6 Å². The lowest BCUT2D eigenvalue weighted by atomic mass is 9.80. The summed E-state index contributed by atoms with van der Waals surface area (Å²) in [7, 11) is 0. The number of ether oxygens (including phenoxy) is 1. The molecule has 0 bridgehead atoms. The van der Waals surface area contributed by atoms with E-state index in [1.54, 1.807) is 0 Å². The molecule has 118 valence electrons. The fourth-order valence-corrected chi connectivity index (χ4v) is 3.24. The van der Waals surface area contributed by atoms with Crippen molar-refractivity contribution >= 4 is 11.8 Å². The van der Waals surface area contributed by atoms with Gasteiger partial charge in [0.05, 0.1) is 11.5 Å². The van der Waals surface area contributed by atoms with E-state index in [2.05, 4.69) is 5.32 Å². The van der Waals surface area contributed by atoms with Gasteiger partial charge in [0.15, 0.2) is 0 Å². The Morgan fingerprint density at radius 2 is 2.24 bits per heavy atom. The molecule has 1 N–H and O–H groups in total. The van der Waals surface area contributed by atoms with Crippen LogP contribution in [0.25, 0.3) is 0 Å². The lowest BCUT2D eigenvalue weighted by Crippen LogP contribution is -2.54. The number of likely N-dealkylation sites (tertiary alicyclic amines) is 1. The summed E-state index contributed by atoms with van der Waals surface area (Å²) in [6, 6.07) is 0. The number of nitrogens with zero attached hydrogens (tertiary/aromatic N) is 1. The molecule has 0 radical (unpaired) electrons. The normalized spacial score (nSPS) is 33.7. The molecule has 3 aliphatic rings. The van der Waals surface area contributed by atoms with Gasteiger partial charge in [0.1, 0.15) is 0 Å². The van der Waals surface area contributed by atoms with Crippen LogP contribution in [0.4, 0.5) is 0 Å². The largest absolute Gasteiger partial charge is 0.376 e. The Labute approximate surface area is 126 Å². The van der Waals surface area contributed by atoms with Crippen LogP contribution in [0.3, 0.4) is 0 Å². The number of hydrogen-bond acceptors (Lipinski definition) is 3. The van der Waals surface area contributed by atoms with E-state index in [4.69, 9.17) is 4.74 Å². The van der Waals surface area contributed by atoms with Crippen molar-refractivity contribution < 1.29 is 14.3 Å². The van der Waals surface area contributed by atoms with E-state index in [1.807, 2.05) is 11.8 Å². The fourth-order valence-electron chi connectivity index (χ4n) is 3.24. The van der Waals surface area contributed by atoms with Gasteiger partial charge >= 0.3 is 0 Å². The summed E-state index contributed by atoms with van der Waals surface area (Å²) in [6.45, 7) is 4.85. The third-order valence-corrected chi connectivity index (χ3v) is 5.03. The number of nitrogens with one attached hydrogen (secondary N) is 1. The maximum absolute atomic E-state index is 12.8. The fraction of sp³-hybridized carbons (Fsp3) is 0.875. The first-order chi connectivity index (χ1) is 10.1. The molecule has 2 atom stereocenters. The van der Waals surface area contributed by atoms with Crippen LogP contribution in [0.5, 0.6) is 0 Å². The predicted molar refractivity (Wildman–Crippen MR) is 78.6 cm³/mol. The first-order valence-electron chi connectivity index (χ1n) is 8.24. The van der Waals surface area contributed by atoms with E-state index < -0.39 is 5.41 Å². The summed E-state index contributed by atoms with van der Waals surface area (Å²) in [5, 5.41) is 2.83. The van der Waals surface area contributed by atoms with Crippen LogP contribution >= 0.6 is 0 Å². The molecule has 0 spiro atoms. The second kappa shape index (κ2) is 5.95. The van der Waals surface area contributed by atoms with Crippen molar-refractivity contribution in [2.75, 3.05) is 26.2 Å². The van der Waals surface area contributed by atoms with E-state index in [9.17, 15) is 9.59 Å². The first kappa shape index (κ1) is 14.8. The van der Waals surface area contributed by atoms with Crippen molar-refractivity contribution in [3.63, 3.8) is 0 Å². The van der Waals surface area contributed by atoms with E-state index in [1.165, 1.54) is 12.8 Å². The standard InChI is InChI=1S/C16H26N2O3/c1-16(7-6-14(19)17-11-16)15(20)18-8-2-3-13(9-18)21-10-12-4-5-12/h12-13H,2-11H2,1H3,(H,17,19)/t13-,16-/m1/s1. The SMILES string of the molecule is C[C@@]1(C(=O)N2CCC[C@@H](OCC3CC3)C2)CCC(=O)NC1.